The minimum atomic E-state index is 0.363. The van der Waals surface area contributed by atoms with Gasteiger partial charge in [-0.25, -0.2) is 0 Å². The van der Waals surface area contributed by atoms with E-state index in [2.05, 4.69) is 13.8 Å². The van der Waals surface area contributed by atoms with Crippen molar-refractivity contribution in [3.8, 4) is 0 Å². The fourth-order valence-corrected chi connectivity index (χ4v) is 1.76. The Morgan fingerprint density at radius 3 is 2.82 bits per heavy atom. The lowest BCUT2D eigenvalue weighted by Gasteiger charge is -2.13. The molecule has 0 bridgehead atoms. The highest BCUT2D eigenvalue weighted by molar-refractivity contribution is 5.70. The zero-order valence-corrected chi connectivity index (χ0v) is 10.8. The van der Waals surface area contributed by atoms with Gasteiger partial charge in [-0.15, -0.1) is 0 Å². The molecule has 1 unspecified atom stereocenters. The second-order valence-electron chi connectivity index (χ2n) is 4.35. The maximum atomic E-state index is 10.4. The van der Waals surface area contributed by atoms with Crippen molar-refractivity contribution in [2.24, 2.45) is 5.92 Å². The van der Waals surface area contributed by atoms with E-state index in [1.807, 2.05) is 0 Å². The standard InChI is InChI=1S/C14H22O3/c1-3-5-6-12(4-2)10-16-11-14-8-7-13(9-15)17-14/h7-9,12H,3-6,10-11H2,1-2H3. The molecule has 3 heteroatoms. The molecule has 1 heterocycles. The quantitative estimate of drug-likeness (QED) is 0.614. The number of aldehydes is 1. The Balaban J connectivity index is 2.23. The number of ether oxygens (including phenoxy) is 1. The number of unbranched alkanes of at least 4 members (excludes halogenated alkanes) is 1. The van der Waals surface area contributed by atoms with Gasteiger partial charge in [0.1, 0.15) is 12.4 Å². The van der Waals surface area contributed by atoms with Crippen molar-refractivity contribution in [2.75, 3.05) is 6.61 Å². The van der Waals surface area contributed by atoms with E-state index in [0.29, 0.717) is 24.6 Å². The fraction of sp³-hybridized carbons (Fsp3) is 0.643. The Morgan fingerprint density at radius 1 is 1.41 bits per heavy atom. The van der Waals surface area contributed by atoms with Crippen molar-refractivity contribution >= 4 is 6.29 Å². The van der Waals surface area contributed by atoms with E-state index in [9.17, 15) is 4.79 Å². The largest absolute Gasteiger partial charge is 0.456 e. The van der Waals surface area contributed by atoms with Crippen LogP contribution in [0.4, 0.5) is 0 Å². The van der Waals surface area contributed by atoms with Gasteiger partial charge in [0.2, 0.25) is 0 Å². The summed E-state index contributed by atoms with van der Waals surface area (Å²) in [6.45, 7) is 5.63. The third-order valence-electron chi connectivity index (χ3n) is 2.94. The Morgan fingerprint density at radius 2 is 2.24 bits per heavy atom. The molecule has 1 aromatic heterocycles. The van der Waals surface area contributed by atoms with Crippen LogP contribution >= 0.6 is 0 Å². The fourth-order valence-electron chi connectivity index (χ4n) is 1.76. The average Bonchev–Trinajstić information content (AvgIpc) is 2.81. The van der Waals surface area contributed by atoms with Gasteiger partial charge >= 0.3 is 0 Å². The average molecular weight is 238 g/mol. The van der Waals surface area contributed by atoms with Crippen LogP contribution in [0, 0.1) is 5.92 Å². The molecule has 1 aromatic rings. The number of carbonyl (C=O) groups is 1. The first kappa shape index (κ1) is 14.0. The van der Waals surface area contributed by atoms with Crippen LogP contribution in [0.2, 0.25) is 0 Å². The van der Waals surface area contributed by atoms with Gasteiger partial charge in [-0.2, -0.15) is 0 Å². The lowest BCUT2D eigenvalue weighted by atomic mass is 10.0. The van der Waals surface area contributed by atoms with Crippen LogP contribution in [0.3, 0.4) is 0 Å². The van der Waals surface area contributed by atoms with Crippen molar-refractivity contribution in [3.05, 3.63) is 23.7 Å². The summed E-state index contributed by atoms with van der Waals surface area (Å²) in [6, 6.07) is 3.46. The van der Waals surface area contributed by atoms with Crippen LogP contribution in [-0.2, 0) is 11.3 Å². The van der Waals surface area contributed by atoms with Gasteiger partial charge < -0.3 is 9.15 Å². The summed E-state index contributed by atoms with van der Waals surface area (Å²) >= 11 is 0. The van der Waals surface area contributed by atoms with E-state index in [1.165, 1.54) is 19.3 Å². The molecule has 1 rings (SSSR count). The van der Waals surface area contributed by atoms with Crippen LogP contribution in [0.15, 0.2) is 16.5 Å². The highest BCUT2D eigenvalue weighted by Crippen LogP contribution is 2.14. The van der Waals surface area contributed by atoms with Gasteiger partial charge in [0.15, 0.2) is 12.0 Å². The second kappa shape index (κ2) is 8.07. The Hall–Kier alpha value is -1.09. The van der Waals surface area contributed by atoms with E-state index in [4.69, 9.17) is 9.15 Å². The third-order valence-corrected chi connectivity index (χ3v) is 2.94. The molecule has 0 radical (unpaired) electrons. The van der Waals surface area contributed by atoms with E-state index in [-0.39, 0.29) is 0 Å². The first-order valence-electron chi connectivity index (χ1n) is 6.41. The number of rotatable bonds is 9. The zero-order valence-electron chi connectivity index (χ0n) is 10.8. The summed E-state index contributed by atoms with van der Waals surface area (Å²) in [4.78, 5) is 10.4. The molecule has 17 heavy (non-hydrogen) atoms. The van der Waals surface area contributed by atoms with Crippen LogP contribution in [-0.4, -0.2) is 12.9 Å². The summed E-state index contributed by atoms with van der Waals surface area (Å²) in [7, 11) is 0. The van der Waals surface area contributed by atoms with E-state index >= 15 is 0 Å². The molecule has 0 saturated heterocycles. The molecule has 0 aliphatic carbocycles. The van der Waals surface area contributed by atoms with Crippen molar-refractivity contribution in [3.63, 3.8) is 0 Å². The maximum absolute atomic E-state index is 10.4. The molecule has 96 valence electrons. The van der Waals surface area contributed by atoms with Crippen molar-refractivity contribution in [1.29, 1.82) is 0 Å². The van der Waals surface area contributed by atoms with Crippen molar-refractivity contribution in [2.45, 2.75) is 46.1 Å². The second-order valence-corrected chi connectivity index (χ2v) is 4.35. The molecule has 0 spiro atoms. The molecule has 0 N–H and O–H groups in total. The SMILES string of the molecule is CCCCC(CC)COCc1ccc(C=O)o1. The van der Waals surface area contributed by atoms with Crippen molar-refractivity contribution in [1.82, 2.24) is 0 Å². The third kappa shape index (κ3) is 5.18. The summed E-state index contributed by atoms with van der Waals surface area (Å²) in [5.41, 5.74) is 0. The minimum Gasteiger partial charge on any atom is -0.456 e. The summed E-state index contributed by atoms with van der Waals surface area (Å²) in [5, 5.41) is 0. The predicted octanol–water partition coefficient (Wildman–Crippen LogP) is 3.83. The topological polar surface area (TPSA) is 39.4 Å². The van der Waals surface area contributed by atoms with Crippen LogP contribution < -0.4 is 0 Å². The lowest BCUT2D eigenvalue weighted by Crippen LogP contribution is -2.08. The maximum Gasteiger partial charge on any atom is 0.185 e. The number of hydrogen-bond acceptors (Lipinski definition) is 3. The van der Waals surface area contributed by atoms with Gasteiger partial charge in [0.05, 0.1) is 0 Å². The molecule has 0 aliphatic rings. The molecule has 0 aliphatic heterocycles. The zero-order chi connectivity index (χ0) is 12.5. The Bertz CT molecular complexity index is 317. The number of carbonyl (C=O) groups excluding carboxylic acids is 1. The molecule has 0 saturated carbocycles. The first-order chi connectivity index (χ1) is 8.30. The van der Waals surface area contributed by atoms with Gasteiger partial charge in [0, 0.05) is 6.61 Å². The Labute approximate surface area is 103 Å². The van der Waals surface area contributed by atoms with Gasteiger partial charge in [-0.05, 0) is 24.5 Å². The monoisotopic (exact) mass is 238 g/mol. The molecule has 0 amide bonds. The molecule has 0 fully saturated rings. The molecule has 1 atom stereocenters. The highest BCUT2D eigenvalue weighted by atomic mass is 16.5. The van der Waals surface area contributed by atoms with Crippen LogP contribution in [0.25, 0.3) is 0 Å². The normalized spacial score (nSPS) is 12.6. The van der Waals surface area contributed by atoms with Crippen molar-refractivity contribution < 1.29 is 13.9 Å². The van der Waals surface area contributed by atoms with Gasteiger partial charge in [-0.3, -0.25) is 4.79 Å². The number of hydrogen-bond donors (Lipinski definition) is 0. The minimum absolute atomic E-state index is 0.363. The summed E-state index contributed by atoms with van der Waals surface area (Å²) < 4.78 is 10.9. The van der Waals surface area contributed by atoms with Gasteiger partial charge in [0.25, 0.3) is 0 Å². The van der Waals surface area contributed by atoms with Crippen LogP contribution in [0.1, 0.15) is 55.8 Å². The van der Waals surface area contributed by atoms with Crippen LogP contribution in [0.5, 0.6) is 0 Å². The van der Waals surface area contributed by atoms with Gasteiger partial charge in [-0.1, -0.05) is 33.1 Å². The first-order valence-corrected chi connectivity index (χ1v) is 6.41. The van der Waals surface area contributed by atoms with E-state index in [0.717, 1.165) is 18.8 Å². The molecule has 3 nitrogen and oxygen atoms in total. The predicted molar refractivity (Wildman–Crippen MR) is 67.1 cm³/mol. The molecular formula is C14H22O3. The Kier molecular flexibility index (Phi) is 6.63. The lowest BCUT2D eigenvalue weighted by molar-refractivity contribution is 0.0701. The molecule has 0 aromatic carbocycles. The van der Waals surface area contributed by atoms with E-state index in [1.54, 1.807) is 12.1 Å². The highest BCUT2D eigenvalue weighted by Gasteiger charge is 2.07. The smallest absolute Gasteiger partial charge is 0.185 e. The molecular weight excluding hydrogens is 216 g/mol. The number of furan rings is 1. The summed E-state index contributed by atoms with van der Waals surface area (Å²) in [5.74, 6) is 1.72. The van der Waals surface area contributed by atoms with E-state index < -0.39 is 0 Å². The summed E-state index contributed by atoms with van der Waals surface area (Å²) in [6.07, 6.45) is 5.58.